The van der Waals surface area contributed by atoms with Gasteiger partial charge >= 0.3 is 5.97 Å². The van der Waals surface area contributed by atoms with Gasteiger partial charge in [0.2, 0.25) is 11.8 Å². The van der Waals surface area contributed by atoms with E-state index in [0.29, 0.717) is 19.4 Å². The lowest BCUT2D eigenvalue weighted by Gasteiger charge is -2.32. The zero-order valence-corrected chi connectivity index (χ0v) is 16.1. The first-order valence-corrected chi connectivity index (χ1v) is 9.84. The SMILES string of the molecule is CC(SCc1ccccc1)C(=O)N(C)CC(=O)N1CCCC(C(=O)O)C1. The van der Waals surface area contributed by atoms with Gasteiger partial charge < -0.3 is 14.9 Å². The highest BCUT2D eigenvalue weighted by Crippen LogP contribution is 2.20. The van der Waals surface area contributed by atoms with Crippen LogP contribution in [0, 0.1) is 5.92 Å². The van der Waals surface area contributed by atoms with Crippen LogP contribution >= 0.6 is 11.8 Å². The van der Waals surface area contributed by atoms with Crippen LogP contribution in [0.5, 0.6) is 0 Å². The standard InChI is InChI=1S/C19H26N2O4S/c1-14(26-13-15-7-4-3-5-8-15)18(23)20(2)12-17(22)21-10-6-9-16(11-21)19(24)25/h3-5,7-8,14,16H,6,9-13H2,1-2H3,(H,24,25). The third-order valence-electron chi connectivity index (χ3n) is 4.56. The van der Waals surface area contributed by atoms with Gasteiger partial charge in [0.15, 0.2) is 0 Å². The maximum Gasteiger partial charge on any atom is 0.308 e. The summed E-state index contributed by atoms with van der Waals surface area (Å²) in [6, 6.07) is 9.93. The molecule has 1 aromatic rings. The number of nitrogens with zero attached hydrogens (tertiary/aromatic N) is 2. The minimum atomic E-state index is -0.863. The van der Waals surface area contributed by atoms with E-state index in [1.54, 1.807) is 11.9 Å². The summed E-state index contributed by atoms with van der Waals surface area (Å²) in [7, 11) is 1.62. The minimum Gasteiger partial charge on any atom is -0.481 e. The van der Waals surface area contributed by atoms with E-state index >= 15 is 0 Å². The number of amides is 2. The number of carboxylic acid groups (broad SMARTS) is 1. The molecular formula is C19H26N2O4S. The lowest BCUT2D eigenvalue weighted by Crippen LogP contribution is -2.47. The molecule has 26 heavy (non-hydrogen) atoms. The Kier molecular flexibility index (Phi) is 7.50. The molecule has 0 bridgehead atoms. The molecule has 0 saturated carbocycles. The van der Waals surface area contributed by atoms with Gasteiger partial charge in [-0.3, -0.25) is 14.4 Å². The van der Waals surface area contributed by atoms with E-state index in [9.17, 15) is 14.4 Å². The number of carbonyl (C=O) groups excluding carboxylic acids is 2. The van der Waals surface area contributed by atoms with Gasteiger partial charge in [-0.1, -0.05) is 30.3 Å². The van der Waals surface area contributed by atoms with E-state index < -0.39 is 11.9 Å². The van der Waals surface area contributed by atoms with Crippen LogP contribution in [0.15, 0.2) is 30.3 Å². The van der Waals surface area contributed by atoms with Crippen molar-refractivity contribution in [2.75, 3.05) is 26.7 Å². The number of thioether (sulfide) groups is 1. The number of likely N-dealkylation sites (tertiary alicyclic amines) is 1. The summed E-state index contributed by atoms with van der Waals surface area (Å²) in [6.45, 7) is 2.62. The van der Waals surface area contributed by atoms with Gasteiger partial charge in [-0.25, -0.2) is 0 Å². The quantitative estimate of drug-likeness (QED) is 0.786. The Morgan fingerprint density at radius 3 is 2.65 bits per heavy atom. The van der Waals surface area contributed by atoms with Crippen molar-refractivity contribution >= 4 is 29.5 Å². The normalized spacial score (nSPS) is 18.2. The highest BCUT2D eigenvalue weighted by atomic mass is 32.2. The predicted molar refractivity (Wildman–Crippen MR) is 102 cm³/mol. The molecular weight excluding hydrogens is 352 g/mol. The van der Waals surface area contributed by atoms with Crippen LogP contribution in [0.25, 0.3) is 0 Å². The Morgan fingerprint density at radius 1 is 1.31 bits per heavy atom. The molecule has 2 amide bonds. The van der Waals surface area contributed by atoms with Crippen LogP contribution in [0.3, 0.4) is 0 Å². The third kappa shape index (κ3) is 5.76. The molecule has 1 aromatic carbocycles. The molecule has 1 heterocycles. The van der Waals surface area contributed by atoms with E-state index in [0.717, 1.165) is 11.3 Å². The molecule has 7 heteroatoms. The molecule has 0 spiro atoms. The number of hydrogen-bond acceptors (Lipinski definition) is 4. The summed E-state index contributed by atoms with van der Waals surface area (Å²) in [5, 5.41) is 8.88. The highest BCUT2D eigenvalue weighted by Gasteiger charge is 2.29. The van der Waals surface area contributed by atoms with Gasteiger partial charge in [0.25, 0.3) is 0 Å². The van der Waals surface area contributed by atoms with Crippen molar-refractivity contribution in [1.29, 1.82) is 0 Å². The summed E-state index contributed by atoms with van der Waals surface area (Å²) in [5.41, 5.74) is 1.16. The van der Waals surface area contributed by atoms with Crippen LogP contribution in [0.2, 0.25) is 0 Å². The van der Waals surface area contributed by atoms with E-state index in [2.05, 4.69) is 0 Å². The molecule has 2 atom stereocenters. The number of aliphatic carboxylic acids is 1. The molecule has 1 aliphatic rings. The number of benzene rings is 1. The van der Waals surface area contributed by atoms with Crippen LogP contribution < -0.4 is 0 Å². The topological polar surface area (TPSA) is 77.9 Å². The number of rotatable bonds is 7. The molecule has 0 aromatic heterocycles. The molecule has 2 unspecified atom stereocenters. The first-order chi connectivity index (χ1) is 12.4. The smallest absolute Gasteiger partial charge is 0.308 e. The zero-order chi connectivity index (χ0) is 19.1. The van der Waals surface area contributed by atoms with Crippen molar-refractivity contribution in [3.63, 3.8) is 0 Å². The second kappa shape index (κ2) is 9.62. The number of piperidine rings is 1. The van der Waals surface area contributed by atoms with Gasteiger partial charge in [0.1, 0.15) is 0 Å². The maximum atomic E-state index is 12.5. The number of carboxylic acids is 1. The van der Waals surface area contributed by atoms with E-state index in [4.69, 9.17) is 5.11 Å². The third-order valence-corrected chi connectivity index (χ3v) is 5.76. The summed E-state index contributed by atoms with van der Waals surface area (Å²) in [5.74, 6) is -0.910. The van der Waals surface area contributed by atoms with E-state index in [-0.39, 0.29) is 30.2 Å². The van der Waals surface area contributed by atoms with Gasteiger partial charge in [-0.2, -0.15) is 0 Å². The van der Waals surface area contributed by atoms with Crippen LogP contribution in [-0.2, 0) is 20.1 Å². The Morgan fingerprint density at radius 2 is 2.00 bits per heavy atom. The molecule has 1 aliphatic heterocycles. The monoisotopic (exact) mass is 378 g/mol. The molecule has 0 radical (unpaired) electrons. The van der Waals surface area contributed by atoms with Gasteiger partial charge in [0.05, 0.1) is 17.7 Å². The first kappa shape index (κ1) is 20.3. The van der Waals surface area contributed by atoms with Crippen LogP contribution in [-0.4, -0.2) is 64.6 Å². The molecule has 2 rings (SSSR count). The summed E-state index contributed by atoms with van der Waals surface area (Å²) < 4.78 is 0. The molecule has 0 aliphatic carbocycles. The summed E-state index contributed by atoms with van der Waals surface area (Å²) in [4.78, 5) is 39.0. The van der Waals surface area contributed by atoms with Gasteiger partial charge in [-0.05, 0) is 25.3 Å². The fraction of sp³-hybridized carbons (Fsp3) is 0.526. The van der Waals surface area contributed by atoms with Crippen molar-refractivity contribution in [2.45, 2.75) is 30.8 Å². The van der Waals surface area contributed by atoms with Crippen molar-refractivity contribution < 1.29 is 19.5 Å². The van der Waals surface area contributed by atoms with Gasteiger partial charge in [0, 0.05) is 25.9 Å². The van der Waals surface area contributed by atoms with E-state index in [1.165, 1.54) is 16.7 Å². The average Bonchev–Trinajstić information content (AvgIpc) is 2.66. The second-order valence-electron chi connectivity index (χ2n) is 6.65. The van der Waals surface area contributed by atoms with Crippen molar-refractivity contribution in [3.8, 4) is 0 Å². The first-order valence-electron chi connectivity index (χ1n) is 8.79. The fourth-order valence-corrected chi connectivity index (χ4v) is 3.92. The zero-order valence-electron chi connectivity index (χ0n) is 15.3. The number of carbonyl (C=O) groups is 3. The molecule has 1 fully saturated rings. The van der Waals surface area contributed by atoms with Crippen molar-refractivity contribution in [3.05, 3.63) is 35.9 Å². The highest BCUT2D eigenvalue weighted by molar-refractivity contribution is 7.99. The maximum absolute atomic E-state index is 12.5. The Bertz CT molecular complexity index is 638. The lowest BCUT2D eigenvalue weighted by atomic mass is 9.98. The number of hydrogen-bond donors (Lipinski definition) is 1. The summed E-state index contributed by atoms with van der Waals surface area (Å²) in [6.07, 6.45) is 1.28. The van der Waals surface area contributed by atoms with Crippen LogP contribution in [0.4, 0.5) is 0 Å². The Labute approximate surface area is 158 Å². The fourth-order valence-electron chi connectivity index (χ4n) is 2.96. The van der Waals surface area contributed by atoms with Crippen LogP contribution in [0.1, 0.15) is 25.3 Å². The minimum absolute atomic E-state index is 0.0125. The molecule has 142 valence electrons. The number of likely N-dealkylation sites (N-methyl/N-ethyl adjacent to an activating group) is 1. The largest absolute Gasteiger partial charge is 0.481 e. The second-order valence-corrected chi connectivity index (χ2v) is 7.98. The Hall–Kier alpha value is -2.02. The Balaban J connectivity index is 1.81. The predicted octanol–water partition coefficient (Wildman–Crippen LogP) is 2.09. The molecule has 1 saturated heterocycles. The van der Waals surface area contributed by atoms with Gasteiger partial charge in [-0.15, -0.1) is 11.8 Å². The van der Waals surface area contributed by atoms with E-state index in [1.807, 2.05) is 37.3 Å². The average molecular weight is 378 g/mol. The van der Waals surface area contributed by atoms with Crippen molar-refractivity contribution in [1.82, 2.24) is 9.80 Å². The molecule has 6 nitrogen and oxygen atoms in total. The van der Waals surface area contributed by atoms with Crippen molar-refractivity contribution in [2.24, 2.45) is 5.92 Å². The summed E-state index contributed by atoms with van der Waals surface area (Å²) >= 11 is 1.54. The molecule has 1 N–H and O–H groups in total. The lowest BCUT2D eigenvalue weighted by molar-refractivity contribution is -0.147.